The molecule has 0 fully saturated rings. The second kappa shape index (κ2) is 4.10. The van der Waals surface area contributed by atoms with Crippen molar-refractivity contribution in [3.63, 3.8) is 0 Å². The summed E-state index contributed by atoms with van der Waals surface area (Å²) >= 11 is 1.53. The van der Waals surface area contributed by atoms with Crippen LogP contribution in [0.15, 0.2) is 41.1 Å². The molecule has 5 heteroatoms. The fourth-order valence-corrected chi connectivity index (χ4v) is 1.63. The van der Waals surface area contributed by atoms with Crippen LogP contribution in [0.25, 0.3) is 0 Å². The quantitative estimate of drug-likeness (QED) is 0.589. The highest BCUT2D eigenvalue weighted by molar-refractivity contribution is 7.08. The zero-order valence-corrected chi connectivity index (χ0v) is 8.44. The molecule has 76 valence electrons. The normalized spacial score (nSPS) is 9.87. The van der Waals surface area contributed by atoms with E-state index in [1.54, 1.807) is 12.1 Å². The van der Waals surface area contributed by atoms with Gasteiger partial charge >= 0.3 is 0 Å². The fourth-order valence-electron chi connectivity index (χ4n) is 1.08. The minimum absolute atomic E-state index is 0.0627. The molecule has 0 spiro atoms. The number of benzene rings is 1. The molecule has 0 radical (unpaired) electrons. The SMILES string of the molecule is O=[N+]([O-])c1ccc(Oc2ccsc2)cc1. The predicted molar refractivity (Wildman–Crippen MR) is 57.5 cm³/mol. The van der Waals surface area contributed by atoms with Crippen LogP contribution in [0, 0.1) is 10.1 Å². The number of hydrogen-bond acceptors (Lipinski definition) is 4. The largest absolute Gasteiger partial charge is 0.456 e. The standard InChI is InChI=1S/C10H7NO3S/c12-11(13)8-1-3-9(4-2-8)14-10-5-6-15-7-10/h1-7H. The van der Waals surface area contributed by atoms with Crippen molar-refractivity contribution in [3.05, 3.63) is 51.2 Å². The lowest BCUT2D eigenvalue weighted by molar-refractivity contribution is -0.384. The number of nitrogens with zero attached hydrogens (tertiary/aromatic N) is 1. The van der Waals surface area contributed by atoms with Gasteiger partial charge in [0.25, 0.3) is 5.69 Å². The van der Waals surface area contributed by atoms with E-state index in [1.807, 2.05) is 16.8 Å². The highest BCUT2D eigenvalue weighted by Gasteiger charge is 2.04. The number of nitro groups is 1. The van der Waals surface area contributed by atoms with Gasteiger partial charge in [-0.05, 0) is 23.6 Å². The molecule has 1 heterocycles. The van der Waals surface area contributed by atoms with Crippen LogP contribution in [0.4, 0.5) is 5.69 Å². The lowest BCUT2D eigenvalue weighted by atomic mass is 10.3. The summed E-state index contributed by atoms with van der Waals surface area (Å²) in [6.07, 6.45) is 0. The van der Waals surface area contributed by atoms with E-state index in [4.69, 9.17) is 4.74 Å². The maximum Gasteiger partial charge on any atom is 0.269 e. The Morgan fingerprint density at radius 2 is 1.87 bits per heavy atom. The second-order valence-electron chi connectivity index (χ2n) is 2.81. The van der Waals surface area contributed by atoms with Crippen LogP contribution < -0.4 is 4.74 Å². The van der Waals surface area contributed by atoms with Gasteiger partial charge in [-0.15, -0.1) is 11.3 Å². The molecule has 0 aliphatic rings. The van der Waals surface area contributed by atoms with Crippen LogP contribution in [0.5, 0.6) is 11.5 Å². The summed E-state index contributed by atoms with van der Waals surface area (Å²) in [7, 11) is 0. The first-order chi connectivity index (χ1) is 7.25. The van der Waals surface area contributed by atoms with Crippen molar-refractivity contribution in [2.45, 2.75) is 0 Å². The summed E-state index contributed by atoms with van der Waals surface area (Å²) in [5.74, 6) is 1.34. The third kappa shape index (κ3) is 2.32. The van der Waals surface area contributed by atoms with Crippen molar-refractivity contribution in [1.82, 2.24) is 0 Å². The molecule has 0 N–H and O–H groups in total. The molecule has 1 aromatic carbocycles. The Balaban J connectivity index is 2.14. The number of ether oxygens (including phenoxy) is 1. The van der Waals surface area contributed by atoms with Gasteiger partial charge in [0.15, 0.2) is 0 Å². The molecule has 0 unspecified atom stereocenters. The lowest BCUT2D eigenvalue weighted by Gasteiger charge is -2.01. The maximum atomic E-state index is 10.4. The molecule has 0 saturated heterocycles. The Labute approximate surface area is 89.9 Å². The Morgan fingerprint density at radius 1 is 1.13 bits per heavy atom. The van der Waals surface area contributed by atoms with Gasteiger partial charge in [-0.25, -0.2) is 0 Å². The molecule has 1 aromatic heterocycles. The van der Waals surface area contributed by atoms with E-state index in [0.29, 0.717) is 5.75 Å². The summed E-state index contributed by atoms with van der Waals surface area (Å²) in [5, 5.41) is 14.2. The minimum Gasteiger partial charge on any atom is -0.456 e. The fraction of sp³-hybridized carbons (Fsp3) is 0. The first-order valence-corrected chi connectivity index (χ1v) is 5.14. The van der Waals surface area contributed by atoms with Crippen LogP contribution in [0.1, 0.15) is 0 Å². The average Bonchev–Trinajstić information content (AvgIpc) is 2.71. The van der Waals surface area contributed by atoms with E-state index in [9.17, 15) is 10.1 Å². The van der Waals surface area contributed by atoms with Gasteiger partial charge < -0.3 is 4.74 Å². The van der Waals surface area contributed by atoms with Crippen LogP contribution in [0.3, 0.4) is 0 Å². The maximum absolute atomic E-state index is 10.4. The minimum atomic E-state index is -0.436. The van der Waals surface area contributed by atoms with E-state index in [2.05, 4.69) is 0 Å². The van der Waals surface area contributed by atoms with Gasteiger partial charge in [-0.1, -0.05) is 0 Å². The second-order valence-corrected chi connectivity index (χ2v) is 3.59. The Morgan fingerprint density at radius 3 is 2.40 bits per heavy atom. The van der Waals surface area contributed by atoms with Gasteiger partial charge in [0.2, 0.25) is 0 Å². The molecule has 0 atom stereocenters. The van der Waals surface area contributed by atoms with Crippen molar-refractivity contribution < 1.29 is 9.66 Å². The predicted octanol–water partition coefficient (Wildman–Crippen LogP) is 3.45. The highest BCUT2D eigenvalue weighted by Crippen LogP contribution is 2.25. The Bertz CT molecular complexity index is 450. The van der Waals surface area contributed by atoms with Gasteiger partial charge in [0.05, 0.1) is 4.92 Å². The third-order valence-electron chi connectivity index (χ3n) is 1.78. The van der Waals surface area contributed by atoms with Crippen LogP contribution in [-0.4, -0.2) is 4.92 Å². The van der Waals surface area contributed by atoms with Crippen molar-refractivity contribution in [1.29, 1.82) is 0 Å². The van der Waals surface area contributed by atoms with E-state index >= 15 is 0 Å². The van der Waals surface area contributed by atoms with Crippen molar-refractivity contribution >= 4 is 17.0 Å². The summed E-state index contributed by atoms with van der Waals surface area (Å²) in [4.78, 5) is 9.96. The van der Waals surface area contributed by atoms with Crippen LogP contribution in [0.2, 0.25) is 0 Å². The molecule has 0 bridgehead atoms. The molecular weight excluding hydrogens is 214 g/mol. The number of thiophene rings is 1. The summed E-state index contributed by atoms with van der Waals surface area (Å²) in [6, 6.07) is 7.83. The lowest BCUT2D eigenvalue weighted by Crippen LogP contribution is -1.87. The van der Waals surface area contributed by atoms with E-state index < -0.39 is 4.92 Å². The average molecular weight is 221 g/mol. The summed E-state index contributed by atoms with van der Waals surface area (Å²) < 4.78 is 5.44. The Hall–Kier alpha value is -1.88. The van der Waals surface area contributed by atoms with E-state index in [0.717, 1.165) is 5.75 Å². The molecule has 0 saturated carbocycles. The number of hydrogen-bond donors (Lipinski definition) is 0. The molecule has 0 aliphatic heterocycles. The van der Waals surface area contributed by atoms with Gasteiger partial charge in [-0.2, -0.15) is 0 Å². The first-order valence-electron chi connectivity index (χ1n) is 4.20. The van der Waals surface area contributed by atoms with Gasteiger partial charge in [0, 0.05) is 17.5 Å². The molecule has 0 aliphatic carbocycles. The molecule has 15 heavy (non-hydrogen) atoms. The highest BCUT2D eigenvalue weighted by atomic mass is 32.1. The Kier molecular flexibility index (Phi) is 2.64. The topological polar surface area (TPSA) is 52.4 Å². The first kappa shape index (κ1) is 9.67. The van der Waals surface area contributed by atoms with Crippen molar-refractivity contribution in [2.24, 2.45) is 0 Å². The zero-order chi connectivity index (χ0) is 10.7. The van der Waals surface area contributed by atoms with Crippen LogP contribution >= 0.6 is 11.3 Å². The third-order valence-corrected chi connectivity index (χ3v) is 2.44. The molecule has 2 rings (SSSR count). The molecule has 4 nitrogen and oxygen atoms in total. The van der Waals surface area contributed by atoms with Crippen molar-refractivity contribution in [3.8, 4) is 11.5 Å². The van der Waals surface area contributed by atoms with E-state index in [-0.39, 0.29) is 5.69 Å². The summed E-state index contributed by atoms with van der Waals surface area (Å²) in [6.45, 7) is 0. The van der Waals surface area contributed by atoms with E-state index in [1.165, 1.54) is 23.5 Å². The number of nitro benzene ring substituents is 1. The monoisotopic (exact) mass is 221 g/mol. The smallest absolute Gasteiger partial charge is 0.269 e. The van der Waals surface area contributed by atoms with Crippen LogP contribution in [-0.2, 0) is 0 Å². The molecular formula is C10H7NO3S. The summed E-state index contributed by atoms with van der Waals surface area (Å²) in [5.41, 5.74) is 0.0627. The van der Waals surface area contributed by atoms with Gasteiger partial charge in [0.1, 0.15) is 11.5 Å². The number of non-ortho nitro benzene ring substituents is 1. The van der Waals surface area contributed by atoms with Crippen molar-refractivity contribution in [2.75, 3.05) is 0 Å². The zero-order valence-electron chi connectivity index (χ0n) is 7.62. The number of rotatable bonds is 3. The van der Waals surface area contributed by atoms with Gasteiger partial charge in [-0.3, -0.25) is 10.1 Å². The molecule has 2 aromatic rings. The molecule has 0 amide bonds.